The molecular weight excluding hydrogens is 525 g/mol. The molecule has 40 heavy (non-hydrogen) atoms. The molecule has 226 valence electrons. The van der Waals surface area contributed by atoms with E-state index in [4.69, 9.17) is 18.9 Å². The predicted molar refractivity (Wildman–Crippen MR) is 145 cm³/mol. The van der Waals surface area contributed by atoms with Gasteiger partial charge in [-0.1, -0.05) is 26.0 Å². The van der Waals surface area contributed by atoms with E-state index >= 15 is 0 Å². The van der Waals surface area contributed by atoms with Crippen molar-refractivity contribution in [2.24, 2.45) is 17.8 Å². The van der Waals surface area contributed by atoms with Crippen LogP contribution in [0.5, 0.6) is 5.75 Å². The molecule has 2 unspecified atom stereocenters. The molecule has 3 amide bonds. The van der Waals surface area contributed by atoms with Crippen molar-refractivity contribution in [3.05, 3.63) is 29.8 Å². The van der Waals surface area contributed by atoms with E-state index in [9.17, 15) is 24.0 Å². The van der Waals surface area contributed by atoms with Crippen LogP contribution >= 0.6 is 0 Å². The van der Waals surface area contributed by atoms with Crippen molar-refractivity contribution in [1.82, 2.24) is 16.1 Å². The Labute approximate surface area is 235 Å². The highest BCUT2D eigenvalue weighted by Crippen LogP contribution is 2.27. The number of hydrogen-bond donors (Lipinski definition) is 4. The van der Waals surface area contributed by atoms with Gasteiger partial charge in [0, 0.05) is 18.9 Å². The predicted octanol–water partition coefficient (Wildman–Crippen LogP) is 1.81. The lowest BCUT2D eigenvalue weighted by Crippen LogP contribution is -2.52. The van der Waals surface area contributed by atoms with Gasteiger partial charge >= 0.3 is 0 Å². The van der Waals surface area contributed by atoms with Gasteiger partial charge in [0.15, 0.2) is 0 Å². The molecule has 0 radical (unpaired) electrons. The van der Waals surface area contributed by atoms with Crippen molar-refractivity contribution < 1.29 is 42.9 Å². The van der Waals surface area contributed by atoms with Gasteiger partial charge in [0.2, 0.25) is 17.7 Å². The van der Waals surface area contributed by atoms with E-state index in [2.05, 4.69) is 10.6 Å². The summed E-state index contributed by atoms with van der Waals surface area (Å²) in [7, 11) is 0. The number of carbonyl (C=O) groups excluding carboxylic acids is 3. The number of halogens is 1. The molecule has 0 fully saturated rings. The number of alkyl halides is 1. The molecule has 2 bridgehead atoms. The Morgan fingerprint density at radius 3 is 2.33 bits per heavy atom. The summed E-state index contributed by atoms with van der Waals surface area (Å²) >= 11 is 0. The average Bonchev–Trinajstić information content (AvgIpc) is 2.94. The maximum Gasteiger partial charge on any atom is 0.247 e. The van der Waals surface area contributed by atoms with Crippen molar-refractivity contribution in [2.75, 3.05) is 59.5 Å². The van der Waals surface area contributed by atoms with Crippen molar-refractivity contribution in [3.63, 3.8) is 0 Å². The third kappa shape index (κ3) is 12.6. The first kappa shape index (κ1) is 33.4. The number of ether oxygens (including phenoxy) is 4. The molecule has 2 heterocycles. The van der Waals surface area contributed by atoms with Gasteiger partial charge < -0.3 is 29.6 Å². The van der Waals surface area contributed by atoms with Gasteiger partial charge in [-0.05, 0) is 42.9 Å². The summed E-state index contributed by atoms with van der Waals surface area (Å²) in [5.41, 5.74) is 2.54. The van der Waals surface area contributed by atoms with Crippen LogP contribution in [0.3, 0.4) is 0 Å². The molecule has 12 heteroatoms. The van der Waals surface area contributed by atoms with Crippen molar-refractivity contribution in [3.8, 4) is 5.75 Å². The summed E-state index contributed by atoms with van der Waals surface area (Å²) in [4.78, 5) is 39.3. The largest absolute Gasteiger partial charge is 0.494 e. The Balaban J connectivity index is 2.02. The fourth-order valence-corrected chi connectivity index (χ4v) is 4.46. The lowest BCUT2D eigenvalue weighted by molar-refractivity contribution is -0.142. The van der Waals surface area contributed by atoms with Gasteiger partial charge in [0.05, 0.1) is 52.2 Å². The Kier molecular flexibility index (Phi) is 16.1. The van der Waals surface area contributed by atoms with Crippen LogP contribution in [-0.4, -0.2) is 88.4 Å². The van der Waals surface area contributed by atoms with E-state index in [-0.39, 0.29) is 38.0 Å². The van der Waals surface area contributed by atoms with Gasteiger partial charge in [-0.25, -0.2) is 9.87 Å². The second-order valence-electron chi connectivity index (χ2n) is 10.0. The minimum atomic E-state index is -0.887. The molecule has 2 aliphatic rings. The SMILES string of the molecule is CC(C)C[C@H]1C(=O)NC(C(=O)NCCOCCOCCOCCF)Cc2ccc(cc2)OCCCC1C(=O)NO. The number of fused-ring (bicyclic) bond motifs is 11. The monoisotopic (exact) mass is 569 g/mol. The number of hydrogen-bond acceptors (Lipinski definition) is 8. The first-order valence-electron chi connectivity index (χ1n) is 13.9. The van der Waals surface area contributed by atoms with Gasteiger partial charge in [-0.15, -0.1) is 0 Å². The molecule has 11 nitrogen and oxygen atoms in total. The summed E-state index contributed by atoms with van der Waals surface area (Å²) in [6.07, 6.45) is 1.48. The molecule has 0 saturated carbocycles. The first-order chi connectivity index (χ1) is 19.3. The number of hydroxylamine groups is 1. The molecule has 1 aromatic rings. The Hall–Kier alpha value is -2.80. The molecule has 0 spiro atoms. The van der Waals surface area contributed by atoms with E-state index in [1.165, 1.54) is 0 Å². The summed E-state index contributed by atoms with van der Waals surface area (Å²) < 4.78 is 33.5. The lowest BCUT2D eigenvalue weighted by atomic mass is 9.81. The topological polar surface area (TPSA) is 144 Å². The molecule has 0 aliphatic carbocycles. The third-order valence-corrected chi connectivity index (χ3v) is 6.43. The van der Waals surface area contributed by atoms with Crippen molar-refractivity contribution in [1.29, 1.82) is 0 Å². The van der Waals surface area contributed by atoms with Crippen molar-refractivity contribution >= 4 is 17.7 Å². The number of nitrogens with one attached hydrogen (secondary N) is 3. The van der Waals surface area contributed by atoms with Crippen LogP contribution in [0.4, 0.5) is 4.39 Å². The van der Waals surface area contributed by atoms with Crippen LogP contribution < -0.4 is 20.9 Å². The van der Waals surface area contributed by atoms with Crippen LogP contribution in [0.2, 0.25) is 0 Å². The van der Waals surface area contributed by atoms with Crippen LogP contribution in [0, 0.1) is 17.8 Å². The van der Waals surface area contributed by atoms with E-state index < -0.39 is 36.4 Å². The third-order valence-electron chi connectivity index (χ3n) is 6.43. The van der Waals surface area contributed by atoms with E-state index in [1.807, 2.05) is 26.0 Å². The fourth-order valence-electron chi connectivity index (χ4n) is 4.46. The zero-order valence-electron chi connectivity index (χ0n) is 23.5. The first-order valence-corrected chi connectivity index (χ1v) is 13.9. The second kappa shape index (κ2) is 19.3. The average molecular weight is 570 g/mol. The Bertz CT molecular complexity index is 887. The molecule has 3 atom stereocenters. The second-order valence-corrected chi connectivity index (χ2v) is 10.0. The molecule has 0 aromatic heterocycles. The van der Waals surface area contributed by atoms with Gasteiger partial charge in [-0.2, -0.15) is 0 Å². The van der Waals surface area contributed by atoms with E-state index in [0.717, 1.165) is 5.56 Å². The van der Waals surface area contributed by atoms with Crippen LogP contribution in [0.1, 0.15) is 38.7 Å². The fraction of sp³-hybridized carbons (Fsp3) is 0.679. The van der Waals surface area contributed by atoms with E-state index in [0.29, 0.717) is 58.0 Å². The standard InChI is InChI=1S/C28H44FN3O8/c1-20(2)18-24-23(27(34)32-36)4-3-11-40-22-7-5-21(6-8-22)19-25(31-26(24)33)28(35)30-10-13-38-15-17-39-16-14-37-12-9-29/h5-8,20,23-25,36H,3-4,9-19H2,1-2H3,(H,30,35)(H,31,33)(H,32,34)/t23?,24-,25?/m1/s1. The quantitative estimate of drug-likeness (QED) is 0.142. The number of carbonyl (C=O) groups is 3. The van der Waals surface area contributed by atoms with Gasteiger partial charge in [-0.3, -0.25) is 19.6 Å². The molecule has 1 aromatic carbocycles. The normalized spacial score (nSPS) is 19.9. The summed E-state index contributed by atoms with van der Waals surface area (Å²) in [6, 6.07) is 6.43. The van der Waals surface area contributed by atoms with Crippen LogP contribution in [0.15, 0.2) is 24.3 Å². The maximum absolute atomic E-state index is 13.5. The lowest BCUT2D eigenvalue weighted by Gasteiger charge is -2.29. The highest BCUT2D eigenvalue weighted by Gasteiger charge is 2.36. The van der Waals surface area contributed by atoms with Gasteiger partial charge in [0.1, 0.15) is 18.5 Å². The summed E-state index contributed by atoms with van der Waals surface area (Å²) in [5.74, 6) is -2.18. The zero-order chi connectivity index (χ0) is 29.2. The molecule has 0 saturated heterocycles. The molecule has 3 rings (SSSR count). The van der Waals surface area contributed by atoms with Crippen LogP contribution in [-0.2, 0) is 35.0 Å². The smallest absolute Gasteiger partial charge is 0.247 e. The minimum Gasteiger partial charge on any atom is -0.494 e. The minimum absolute atomic E-state index is 0.0533. The highest BCUT2D eigenvalue weighted by atomic mass is 19.1. The molecular formula is C28H44FN3O8. The highest BCUT2D eigenvalue weighted by molar-refractivity contribution is 5.91. The molecule has 4 N–H and O–H groups in total. The summed E-state index contributed by atoms with van der Waals surface area (Å²) in [6.45, 7) is 5.57. The van der Waals surface area contributed by atoms with Gasteiger partial charge in [0.25, 0.3) is 0 Å². The Morgan fingerprint density at radius 1 is 1.05 bits per heavy atom. The number of amides is 3. The molecule has 2 aliphatic heterocycles. The van der Waals surface area contributed by atoms with Crippen LogP contribution in [0.25, 0.3) is 0 Å². The number of rotatable bonds is 15. The Morgan fingerprint density at radius 2 is 1.70 bits per heavy atom. The summed E-state index contributed by atoms with van der Waals surface area (Å²) in [5, 5.41) is 15.0. The van der Waals surface area contributed by atoms with Crippen molar-refractivity contribution in [2.45, 2.75) is 45.6 Å². The van der Waals surface area contributed by atoms with E-state index in [1.54, 1.807) is 17.6 Å². The maximum atomic E-state index is 13.5. The number of benzene rings is 1. The zero-order valence-corrected chi connectivity index (χ0v) is 23.5.